The van der Waals surface area contributed by atoms with Crippen molar-refractivity contribution in [2.45, 2.75) is 25.0 Å². The molecule has 0 atom stereocenters. The minimum atomic E-state index is -3.69. The van der Waals surface area contributed by atoms with Crippen LogP contribution in [0.3, 0.4) is 0 Å². The number of methoxy groups -OCH3 is 1. The van der Waals surface area contributed by atoms with E-state index in [1.165, 1.54) is 19.2 Å². The summed E-state index contributed by atoms with van der Waals surface area (Å²) in [5.41, 5.74) is 0.646. The number of sulfonamides is 1. The van der Waals surface area contributed by atoms with Gasteiger partial charge in [-0.3, -0.25) is 0 Å². The molecule has 144 valence electrons. The standard InChI is InChI=1S/C17H19N3O6S/c1-10(2)24-12-6-5-11(9-14(12)23-4)16-19-17(26-20-16)13-7-8-15(25-13)27(21,22)18-3/h5-10,18H,1-4H3. The van der Waals surface area contributed by atoms with E-state index >= 15 is 0 Å². The Morgan fingerprint density at radius 3 is 2.59 bits per heavy atom. The Bertz CT molecular complexity index is 1040. The molecule has 27 heavy (non-hydrogen) atoms. The van der Waals surface area contributed by atoms with Crippen LogP contribution in [0, 0.1) is 0 Å². The molecule has 0 saturated carbocycles. The molecule has 0 aliphatic carbocycles. The number of rotatable bonds is 7. The summed E-state index contributed by atoms with van der Waals surface area (Å²) >= 11 is 0. The van der Waals surface area contributed by atoms with Crippen LogP contribution in [0.4, 0.5) is 0 Å². The van der Waals surface area contributed by atoms with E-state index in [4.69, 9.17) is 18.4 Å². The minimum Gasteiger partial charge on any atom is -0.493 e. The fourth-order valence-electron chi connectivity index (χ4n) is 2.28. The van der Waals surface area contributed by atoms with Gasteiger partial charge in [0.15, 0.2) is 17.3 Å². The summed E-state index contributed by atoms with van der Waals surface area (Å²) in [5.74, 6) is 1.65. The predicted octanol–water partition coefficient (Wildman–Crippen LogP) is 2.70. The molecule has 10 heteroatoms. The van der Waals surface area contributed by atoms with Gasteiger partial charge >= 0.3 is 0 Å². The van der Waals surface area contributed by atoms with Crippen LogP contribution in [-0.2, 0) is 10.0 Å². The lowest BCUT2D eigenvalue weighted by Gasteiger charge is -2.13. The zero-order valence-corrected chi connectivity index (χ0v) is 16.0. The molecule has 9 nitrogen and oxygen atoms in total. The van der Waals surface area contributed by atoms with E-state index in [0.29, 0.717) is 22.9 Å². The Balaban J connectivity index is 1.90. The van der Waals surface area contributed by atoms with Gasteiger partial charge < -0.3 is 18.4 Å². The Hall–Kier alpha value is -2.85. The number of hydrogen-bond acceptors (Lipinski definition) is 8. The maximum absolute atomic E-state index is 11.8. The summed E-state index contributed by atoms with van der Waals surface area (Å²) in [6.07, 6.45) is 0.00330. The van der Waals surface area contributed by atoms with Crippen LogP contribution in [0.15, 0.2) is 44.4 Å². The van der Waals surface area contributed by atoms with E-state index in [-0.39, 0.29) is 22.8 Å². The molecule has 0 bridgehead atoms. The summed E-state index contributed by atoms with van der Waals surface area (Å²) in [7, 11) is -0.855. The third kappa shape index (κ3) is 3.96. The number of ether oxygens (including phenoxy) is 2. The molecule has 1 N–H and O–H groups in total. The fourth-order valence-corrected chi connectivity index (χ4v) is 2.93. The van der Waals surface area contributed by atoms with Crippen molar-refractivity contribution >= 4 is 10.0 Å². The molecule has 0 unspecified atom stereocenters. The third-order valence-electron chi connectivity index (χ3n) is 3.54. The van der Waals surface area contributed by atoms with Gasteiger partial charge in [-0.15, -0.1) is 0 Å². The smallest absolute Gasteiger partial charge is 0.293 e. The van der Waals surface area contributed by atoms with Gasteiger partial charge in [-0.1, -0.05) is 5.16 Å². The van der Waals surface area contributed by atoms with Crippen molar-refractivity contribution in [3.05, 3.63) is 30.3 Å². The zero-order valence-electron chi connectivity index (χ0n) is 15.2. The highest BCUT2D eigenvalue weighted by Gasteiger charge is 2.21. The highest BCUT2D eigenvalue weighted by Crippen LogP contribution is 2.33. The van der Waals surface area contributed by atoms with Crippen molar-refractivity contribution in [1.29, 1.82) is 0 Å². The molecule has 0 spiro atoms. The average molecular weight is 393 g/mol. The number of benzene rings is 1. The monoisotopic (exact) mass is 393 g/mol. The highest BCUT2D eigenvalue weighted by atomic mass is 32.2. The van der Waals surface area contributed by atoms with Gasteiger partial charge in [-0.05, 0) is 51.2 Å². The molecule has 0 amide bonds. The third-order valence-corrected chi connectivity index (χ3v) is 4.82. The number of nitrogens with one attached hydrogen (secondary N) is 1. The van der Waals surface area contributed by atoms with E-state index in [0.717, 1.165) is 0 Å². The Labute approximate surface area is 156 Å². The SMILES string of the molecule is CNS(=O)(=O)c1ccc(-c2nc(-c3ccc(OC(C)C)c(OC)c3)no2)o1. The van der Waals surface area contributed by atoms with Crippen molar-refractivity contribution < 1.29 is 26.8 Å². The van der Waals surface area contributed by atoms with Gasteiger partial charge in [0.05, 0.1) is 13.2 Å². The largest absolute Gasteiger partial charge is 0.493 e. The molecule has 1 aromatic carbocycles. The molecule has 2 aromatic heterocycles. The van der Waals surface area contributed by atoms with Crippen LogP contribution in [0.1, 0.15) is 13.8 Å². The Morgan fingerprint density at radius 1 is 1.15 bits per heavy atom. The summed E-state index contributed by atoms with van der Waals surface area (Å²) in [6.45, 7) is 3.84. The van der Waals surface area contributed by atoms with Crippen molar-refractivity contribution in [2.24, 2.45) is 0 Å². The molecule has 2 heterocycles. The zero-order chi connectivity index (χ0) is 19.6. The van der Waals surface area contributed by atoms with Gasteiger partial charge in [0.2, 0.25) is 10.9 Å². The lowest BCUT2D eigenvalue weighted by Crippen LogP contribution is -2.17. The summed E-state index contributed by atoms with van der Waals surface area (Å²) in [6, 6.07) is 8.02. The number of hydrogen-bond donors (Lipinski definition) is 1. The second-order valence-corrected chi connectivity index (χ2v) is 7.60. The molecule has 0 aliphatic heterocycles. The summed E-state index contributed by atoms with van der Waals surface area (Å²) in [5, 5.41) is 3.67. The first-order valence-electron chi connectivity index (χ1n) is 8.06. The van der Waals surface area contributed by atoms with Crippen LogP contribution in [-0.4, -0.2) is 38.8 Å². The van der Waals surface area contributed by atoms with Crippen LogP contribution >= 0.6 is 0 Å². The first kappa shape index (κ1) is 18.9. The lowest BCUT2D eigenvalue weighted by atomic mass is 10.2. The maximum Gasteiger partial charge on any atom is 0.293 e. The number of nitrogens with zero attached hydrogens (tertiary/aromatic N) is 2. The van der Waals surface area contributed by atoms with Gasteiger partial charge in [-0.2, -0.15) is 4.98 Å². The van der Waals surface area contributed by atoms with Gasteiger partial charge in [0, 0.05) is 5.56 Å². The van der Waals surface area contributed by atoms with E-state index in [2.05, 4.69) is 14.9 Å². The minimum absolute atomic E-state index is 0.00330. The van der Waals surface area contributed by atoms with Crippen LogP contribution in [0.2, 0.25) is 0 Å². The normalized spacial score (nSPS) is 11.7. The Morgan fingerprint density at radius 2 is 1.93 bits per heavy atom. The molecule has 0 aliphatic rings. The maximum atomic E-state index is 11.8. The van der Waals surface area contributed by atoms with Gasteiger partial charge in [-0.25, -0.2) is 13.1 Å². The molecule has 3 rings (SSSR count). The molecule has 3 aromatic rings. The van der Waals surface area contributed by atoms with Crippen molar-refractivity contribution in [1.82, 2.24) is 14.9 Å². The molecular formula is C17H19N3O6S. The summed E-state index contributed by atoms with van der Waals surface area (Å²) in [4.78, 5) is 4.25. The number of aromatic nitrogens is 2. The van der Waals surface area contributed by atoms with E-state index in [9.17, 15) is 8.42 Å². The van der Waals surface area contributed by atoms with Crippen LogP contribution in [0.25, 0.3) is 23.0 Å². The van der Waals surface area contributed by atoms with Gasteiger partial charge in [0.1, 0.15) is 0 Å². The average Bonchev–Trinajstić information content (AvgIpc) is 3.31. The number of furan rings is 1. The van der Waals surface area contributed by atoms with Crippen molar-refractivity contribution in [3.63, 3.8) is 0 Å². The van der Waals surface area contributed by atoms with E-state index < -0.39 is 10.0 Å². The fraction of sp³-hybridized carbons (Fsp3) is 0.294. The molecule has 0 radical (unpaired) electrons. The first-order valence-corrected chi connectivity index (χ1v) is 9.55. The topological polar surface area (TPSA) is 117 Å². The van der Waals surface area contributed by atoms with Crippen molar-refractivity contribution in [2.75, 3.05) is 14.2 Å². The van der Waals surface area contributed by atoms with Gasteiger partial charge in [0.25, 0.3) is 15.9 Å². The van der Waals surface area contributed by atoms with Crippen molar-refractivity contribution in [3.8, 4) is 34.5 Å². The highest BCUT2D eigenvalue weighted by molar-refractivity contribution is 7.89. The van der Waals surface area contributed by atoms with E-state index in [1.54, 1.807) is 25.3 Å². The molecule has 0 fully saturated rings. The first-order chi connectivity index (χ1) is 12.8. The quantitative estimate of drug-likeness (QED) is 0.651. The van der Waals surface area contributed by atoms with Crippen LogP contribution < -0.4 is 14.2 Å². The van der Waals surface area contributed by atoms with Crippen LogP contribution in [0.5, 0.6) is 11.5 Å². The summed E-state index contributed by atoms with van der Waals surface area (Å²) < 4.78 is 47.2. The molecular weight excluding hydrogens is 374 g/mol. The second-order valence-electron chi connectivity index (χ2n) is 5.78. The Kier molecular flexibility index (Phi) is 5.19. The van der Waals surface area contributed by atoms with E-state index in [1.807, 2.05) is 13.8 Å². The predicted molar refractivity (Wildman–Crippen MR) is 96.0 cm³/mol. The second kappa shape index (κ2) is 7.41. The molecule has 0 saturated heterocycles. The lowest BCUT2D eigenvalue weighted by molar-refractivity contribution is 0.230.